The maximum atomic E-state index is 6.51. The van der Waals surface area contributed by atoms with E-state index in [-0.39, 0.29) is 0 Å². The molecule has 1 heteroatoms. The van der Waals surface area contributed by atoms with Gasteiger partial charge in [0.2, 0.25) is 0 Å². The van der Waals surface area contributed by atoms with Crippen molar-refractivity contribution in [2.75, 3.05) is 0 Å². The van der Waals surface area contributed by atoms with Crippen LogP contribution in [0.25, 0.3) is 98.4 Å². The Labute approximate surface area is 295 Å². The molecule has 236 valence electrons. The van der Waals surface area contributed by atoms with Gasteiger partial charge in [-0.2, -0.15) is 0 Å². The summed E-state index contributed by atoms with van der Waals surface area (Å²) in [6, 6.07) is 66.3. The first-order valence-corrected chi connectivity index (χ1v) is 17.6. The van der Waals surface area contributed by atoms with Gasteiger partial charge in [0.05, 0.1) is 0 Å². The number of hydrogen-bond acceptors (Lipinski definition) is 1. The highest BCUT2D eigenvalue weighted by molar-refractivity contribution is 6.23. The molecule has 0 aliphatic carbocycles. The summed E-state index contributed by atoms with van der Waals surface area (Å²) in [4.78, 5) is 0. The second-order valence-electron chi connectivity index (χ2n) is 13.5. The SMILES string of the molecule is c1ccc(-c2cc3c(-c4cccc5c(-c6ccc7c8c(cccc68)Oc6ccccc6-7)c6ccccc6cc45)cccc3c3ccccc23)cc1. The average Bonchev–Trinajstić information content (AvgIpc) is 3.20. The lowest BCUT2D eigenvalue weighted by molar-refractivity contribution is 0.487. The van der Waals surface area contributed by atoms with Crippen LogP contribution in [0.4, 0.5) is 0 Å². The van der Waals surface area contributed by atoms with Crippen LogP contribution in [-0.2, 0) is 0 Å². The Balaban J connectivity index is 1.23. The Morgan fingerprint density at radius 3 is 1.71 bits per heavy atom. The number of para-hydroxylation sites is 1. The van der Waals surface area contributed by atoms with E-state index < -0.39 is 0 Å². The summed E-state index contributed by atoms with van der Waals surface area (Å²) in [6.07, 6.45) is 0. The Bertz CT molecular complexity index is 3040. The summed E-state index contributed by atoms with van der Waals surface area (Å²) in [7, 11) is 0. The van der Waals surface area contributed by atoms with Gasteiger partial charge in [0, 0.05) is 10.9 Å². The molecule has 1 aliphatic heterocycles. The van der Waals surface area contributed by atoms with E-state index in [0.29, 0.717) is 0 Å². The molecule has 11 rings (SSSR count). The highest BCUT2D eigenvalue weighted by Crippen LogP contribution is 2.51. The van der Waals surface area contributed by atoms with Crippen molar-refractivity contribution in [3.8, 4) is 56.0 Å². The second-order valence-corrected chi connectivity index (χ2v) is 13.5. The Morgan fingerprint density at radius 1 is 0.275 bits per heavy atom. The van der Waals surface area contributed by atoms with Gasteiger partial charge in [-0.25, -0.2) is 0 Å². The van der Waals surface area contributed by atoms with Crippen molar-refractivity contribution in [3.63, 3.8) is 0 Å². The van der Waals surface area contributed by atoms with Crippen molar-refractivity contribution in [1.82, 2.24) is 0 Å². The molecule has 0 saturated heterocycles. The summed E-state index contributed by atoms with van der Waals surface area (Å²) < 4.78 is 6.51. The molecule has 0 N–H and O–H groups in total. The van der Waals surface area contributed by atoms with Crippen LogP contribution in [0, 0.1) is 0 Å². The summed E-state index contributed by atoms with van der Waals surface area (Å²) in [5, 5.41) is 12.4. The van der Waals surface area contributed by atoms with Crippen molar-refractivity contribution in [2.24, 2.45) is 0 Å². The van der Waals surface area contributed by atoms with Gasteiger partial charge in [0.15, 0.2) is 0 Å². The number of benzene rings is 10. The van der Waals surface area contributed by atoms with Crippen LogP contribution in [-0.4, -0.2) is 0 Å². The first kappa shape index (κ1) is 28.2. The Kier molecular flexibility index (Phi) is 6.02. The Morgan fingerprint density at radius 2 is 0.843 bits per heavy atom. The van der Waals surface area contributed by atoms with Crippen LogP contribution in [0.3, 0.4) is 0 Å². The van der Waals surface area contributed by atoms with Crippen LogP contribution < -0.4 is 4.74 Å². The molecule has 0 unspecified atom stereocenters. The number of fused-ring (bicyclic) bond motifs is 7. The van der Waals surface area contributed by atoms with Crippen molar-refractivity contribution in [1.29, 1.82) is 0 Å². The molecule has 10 aromatic rings. The zero-order valence-electron chi connectivity index (χ0n) is 27.7. The fourth-order valence-electron chi connectivity index (χ4n) is 8.63. The van der Waals surface area contributed by atoms with E-state index in [1.165, 1.54) is 92.8 Å². The minimum atomic E-state index is 0.906. The third-order valence-corrected chi connectivity index (χ3v) is 10.9. The normalized spacial score (nSPS) is 12.1. The summed E-state index contributed by atoms with van der Waals surface area (Å²) in [6.45, 7) is 0. The van der Waals surface area contributed by atoms with E-state index in [2.05, 4.69) is 176 Å². The predicted molar refractivity (Wildman–Crippen MR) is 216 cm³/mol. The predicted octanol–water partition coefficient (Wildman–Crippen LogP) is 14.2. The first-order chi connectivity index (χ1) is 25.3. The van der Waals surface area contributed by atoms with Crippen LogP contribution in [0.5, 0.6) is 11.5 Å². The summed E-state index contributed by atoms with van der Waals surface area (Å²) in [5.74, 6) is 1.81. The van der Waals surface area contributed by atoms with Crippen LogP contribution in [0.15, 0.2) is 182 Å². The molecule has 0 atom stereocenters. The van der Waals surface area contributed by atoms with Gasteiger partial charge >= 0.3 is 0 Å². The molecule has 10 aromatic carbocycles. The van der Waals surface area contributed by atoms with E-state index in [1.807, 2.05) is 6.07 Å². The molecule has 0 bridgehead atoms. The van der Waals surface area contributed by atoms with E-state index in [0.717, 1.165) is 17.1 Å². The standard InChI is InChI=1S/C50H30O/c1-2-13-31(14-3-1)44-30-46-36(34-17-6-7-18-35(34)44)20-10-21-38(46)37-22-11-23-41-45(37)29-32-15-4-5-16-33(32)49(41)43-28-27-42-39-19-8-9-25-47(39)51-48-26-12-24-40(43)50(42)48/h1-30H. The van der Waals surface area contributed by atoms with Gasteiger partial charge in [-0.05, 0) is 112 Å². The second kappa shape index (κ2) is 10.9. The van der Waals surface area contributed by atoms with E-state index in [9.17, 15) is 0 Å². The molecule has 0 radical (unpaired) electrons. The highest BCUT2D eigenvalue weighted by Gasteiger charge is 2.23. The molecular weight excluding hydrogens is 617 g/mol. The van der Waals surface area contributed by atoms with Crippen LogP contribution in [0.1, 0.15) is 0 Å². The fraction of sp³-hybridized carbons (Fsp3) is 0. The van der Waals surface area contributed by atoms with Crippen molar-refractivity contribution >= 4 is 53.9 Å². The van der Waals surface area contributed by atoms with Crippen molar-refractivity contribution in [3.05, 3.63) is 182 Å². The molecule has 0 spiro atoms. The van der Waals surface area contributed by atoms with Crippen molar-refractivity contribution in [2.45, 2.75) is 0 Å². The smallest absolute Gasteiger partial charge is 0.135 e. The molecule has 1 heterocycles. The molecule has 0 aromatic heterocycles. The first-order valence-electron chi connectivity index (χ1n) is 17.6. The quantitative estimate of drug-likeness (QED) is 0.137. The molecule has 0 fully saturated rings. The average molecular weight is 647 g/mol. The lowest BCUT2D eigenvalue weighted by Gasteiger charge is -2.23. The third kappa shape index (κ3) is 4.16. The number of rotatable bonds is 3. The van der Waals surface area contributed by atoms with Gasteiger partial charge in [-0.15, -0.1) is 0 Å². The monoisotopic (exact) mass is 646 g/mol. The lowest BCUT2D eigenvalue weighted by Crippen LogP contribution is -1.98. The van der Waals surface area contributed by atoms with Crippen LogP contribution >= 0.6 is 0 Å². The molecule has 1 aliphatic rings. The number of ether oxygens (including phenoxy) is 1. The zero-order valence-corrected chi connectivity index (χ0v) is 27.7. The van der Waals surface area contributed by atoms with Gasteiger partial charge < -0.3 is 4.74 Å². The highest BCUT2D eigenvalue weighted by atomic mass is 16.5. The van der Waals surface area contributed by atoms with E-state index >= 15 is 0 Å². The van der Waals surface area contributed by atoms with E-state index in [4.69, 9.17) is 4.74 Å². The fourth-order valence-corrected chi connectivity index (χ4v) is 8.63. The molecule has 1 nitrogen and oxygen atoms in total. The van der Waals surface area contributed by atoms with Gasteiger partial charge in [0.1, 0.15) is 11.5 Å². The number of hydrogen-bond donors (Lipinski definition) is 0. The van der Waals surface area contributed by atoms with Gasteiger partial charge in [-0.1, -0.05) is 158 Å². The summed E-state index contributed by atoms with van der Waals surface area (Å²) in [5.41, 5.74) is 9.78. The maximum absolute atomic E-state index is 6.51. The lowest BCUT2D eigenvalue weighted by atomic mass is 9.84. The molecule has 0 saturated carbocycles. The minimum Gasteiger partial charge on any atom is -0.456 e. The zero-order chi connectivity index (χ0) is 33.5. The van der Waals surface area contributed by atoms with Gasteiger partial charge in [-0.3, -0.25) is 0 Å². The largest absolute Gasteiger partial charge is 0.456 e. The molecule has 51 heavy (non-hydrogen) atoms. The summed E-state index contributed by atoms with van der Waals surface area (Å²) >= 11 is 0. The van der Waals surface area contributed by atoms with Gasteiger partial charge in [0.25, 0.3) is 0 Å². The maximum Gasteiger partial charge on any atom is 0.135 e. The topological polar surface area (TPSA) is 9.23 Å². The van der Waals surface area contributed by atoms with E-state index in [1.54, 1.807) is 0 Å². The Hall–Kier alpha value is -6.70. The third-order valence-electron chi connectivity index (χ3n) is 10.9. The molecule has 0 amide bonds. The van der Waals surface area contributed by atoms with Crippen molar-refractivity contribution < 1.29 is 4.74 Å². The molecular formula is C50H30O. The van der Waals surface area contributed by atoms with Crippen LogP contribution in [0.2, 0.25) is 0 Å². The minimum absolute atomic E-state index is 0.906.